The van der Waals surface area contributed by atoms with Gasteiger partial charge in [0.1, 0.15) is 5.75 Å². The van der Waals surface area contributed by atoms with Gasteiger partial charge in [-0.05, 0) is 55.4 Å². The molecule has 0 unspecified atom stereocenters. The summed E-state index contributed by atoms with van der Waals surface area (Å²) in [6.07, 6.45) is 6.70. The number of carboxylic acids is 1. The largest absolute Gasteiger partial charge is 0.478 e. The number of carboxylic acid groups (broad SMARTS) is 1. The zero-order chi connectivity index (χ0) is 19.0. The minimum atomic E-state index is -3.17. The third kappa shape index (κ3) is 6.43. The number of aliphatic carboxylic acids is 1. The summed E-state index contributed by atoms with van der Waals surface area (Å²) in [6, 6.07) is 6.03. The fourth-order valence-corrected chi connectivity index (χ4v) is 3.53. The number of unbranched alkanes of at least 4 members (excludes halogenated alkanes) is 2. The maximum Gasteiger partial charge on any atom is 0.400 e. The Hall–Kier alpha value is -1.91. The molecule has 0 atom stereocenters. The van der Waals surface area contributed by atoms with Gasteiger partial charge in [0.15, 0.2) is 0 Å². The molecule has 1 N–H and O–H groups in total. The molecule has 26 heavy (non-hydrogen) atoms. The zero-order valence-corrected chi connectivity index (χ0v) is 15.3. The summed E-state index contributed by atoms with van der Waals surface area (Å²) in [6.45, 7) is 2.17. The Labute approximate surface area is 154 Å². The van der Waals surface area contributed by atoms with Crippen LogP contribution < -0.4 is 4.74 Å². The van der Waals surface area contributed by atoms with Gasteiger partial charge in [0.25, 0.3) is 0 Å². The Morgan fingerprint density at radius 3 is 2.42 bits per heavy atom. The summed E-state index contributed by atoms with van der Waals surface area (Å²) in [4.78, 5) is 10.5. The molecule has 1 aliphatic rings. The molecule has 0 heterocycles. The van der Waals surface area contributed by atoms with Crippen LogP contribution in [0.3, 0.4) is 0 Å². The van der Waals surface area contributed by atoms with E-state index in [2.05, 4.69) is 6.92 Å². The summed E-state index contributed by atoms with van der Waals surface area (Å²) >= 11 is 0. The van der Waals surface area contributed by atoms with Crippen molar-refractivity contribution in [3.63, 3.8) is 0 Å². The summed E-state index contributed by atoms with van der Waals surface area (Å²) in [5.74, 6) is -1.11. The van der Waals surface area contributed by atoms with Gasteiger partial charge >= 0.3 is 12.1 Å². The Balaban J connectivity index is 1.85. The molecule has 3 nitrogen and oxygen atoms in total. The highest BCUT2D eigenvalue weighted by Crippen LogP contribution is 2.41. The molecule has 0 saturated heterocycles. The van der Waals surface area contributed by atoms with E-state index >= 15 is 0 Å². The predicted molar refractivity (Wildman–Crippen MR) is 98.3 cm³/mol. The van der Waals surface area contributed by atoms with Crippen LogP contribution in [0.4, 0.5) is 8.78 Å². The second-order valence-electron chi connectivity index (χ2n) is 7.12. The fraction of sp³-hybridized carbons (Fsp3) is 0.571. The highest BCUT2D eigenvalue weighted by molar-refractivity contribution is 5.85. The lowest BCUT2D eigenvalue weighted by Gasteiger charge is -2.33. The van der Waals surface area contributed by atoms with Gasteiger partial charge in [-0.1, -0.05) is 44.7 Å². The molecule has 5 heteroatoms. The van der Waals surface area contributed by atoms with Gasteiger partial charge < -0.3 is 9.84 Å². The molecular formula is C21H28F2O3. The maximum atomic E-state index is 14.5. The van der Waals surface area contributed by atoms with Crippen LogP contribution in [-0.2, 0) is 4.79 Å². The van der Waals surface area contributed by atoms with Gasteiger partial charge in [0.05, 0.1) is 5.92 Å². The third-order valence-electron chi connectivity index (χ3n) is 5.09. The van der Waals surface area contributed by atoms with Crippen LogP contribution in [0, 0.1) is 11.8 Å². The first-order valence-corrected chi connectivity index (χ1v) is 9.48. The summed E-state index contributed by atoms with van der Waals surface area (Å²) < 4.78 is 33.9. The molecule has 1 aliphatic carbocycles. The van der Waals surface area contributed by atoms with Crippen LogP contribution >= 0.6 is 0 Å². The average Bonchev–Trinajstić information content (AvgIpc) is 2.61. The first kappa shape index (κ1) is 20.4. The van der Waals surface area contributed by atoms with E-state index in [4.69, 9.17) is 9.84 Å². The molecule has 2 rings (SSSR count). The first-order valence-electron chi connectivity index (χ1n) is 9.48. The molecule has 1 aromatic rings. The average molecular weight is 366 g/mol. The molecule has 0 aliphatic heterocycles. The number of hydrogen-bond acceptors (Lipinski definition) is 2. The van der Waals surface area contributed by atoms with Crippen molar-refractivity contribution in [1.82, 2.24) is 0 Å². The molecule has 0 amide bonds. The molecule has 0 aromatic heterocycles. The van der Waals surface area contributed by atoms with E-state index in [1.165, 1.54) is 37.5 Å². The lowest BCUT2D eigenvalue weighted by atomic mass is 9.79. The van der Waals surface area contributed by atoms with Crippen LogP contribution in [0.25, 0.3) is 6.08 Å². The van der Waals surface area contributed by atoms with Crippen molar-refractivity contribution in [3.05, 3.63) is 35.9 Å². The minimum absolute atomic E-state index is 0.104. The van der Waals surface area contributed by atoms with Gasteiger partial charge in [-0.25, -0.2) is 4.79 Å². The Morgan fingerprint density at radius 1 is 1.19 bits per heavy atom. The molecule has 0 radical (unpaired) electrons. The number of alkyl halides is 2. The summed E-state index contributed by atoms with van der Waals surface area (Å²) in [7, 11) is 0. The molecule has 1 aromatic carbocycles. The Bertz CT molecular complexity index is 588. The number of carbonyl (C=O) groups is 1. The van der Waals surface area contributed by atoms with E-state index in [9.17, 15) is 13.6 Å². The molecule has 0 bridgehead atoms. The number of hydrogen-bond donors (Lipinski definition) is 1. The van der Waals surface area contributed by atoms with Gasteiger partial charge in [0, 0.05) is 6.08 Å². The minimum Gasteiger partial charge on any atom is -0.478 e. The van der Waals surface area contributed by atoms with Crippen molar-refractivity contribution in [2.45, 2.75) is 64.4 Å². The van der Waals surface area contributed by atoms with Crippen molar-refractivity contribution in [3.8, 4) is 5.75 Å². The van der Waals surface area contributed by atoms with Crippen LogP contribution in [0.1, 0.15) is 63.9 Å². The quantitative estimate of drug-likeness (QED) is 0.421. The van der Waals surface area contributed by atoms with E-state index < -0.39 is 18.0 Å². The number of rotatable bonds is 9. The van der Waals surface area contributed by atoms with Crippen molar-refractivity contribution in [1.29, 1.82) is 0 Å². The molecular weight excluding hydrogens is 338 g/mol. The van der Waals surface area contributed by atoms with Gasteiger partial charge in [-0.2, -0.15) is 8.78 Å². The zero-order valence-electron chi connectivity index (χ0n) is 15.3. The van der Waals surface area contributed by atoms with Crippen LogP contribution in [0.5, 0.6) is 5.75 Å². The highest BCUT2D eigenvalue weighted by Gasteiger charge is 2.43. The third-order valence-corrected chi connectivity index (χ3v) is 5.09. The van der Waals surface area contributed by atoms with Gasteiger partial charge in [-0.3, -0.25) is 0 Å². The fourth-order valence-electron chi connectivity index (χ4n) is 3.53. The molecule has 1 saturated carbocycles. The van der Waals surface area contributed by atoms with Crippen LogP contribution in [-0.4, -0.2) is 17.2 Å². The van der Waals surface area contributed by atoms with E-state index in [0.29, 0.717) is 24.3 Å². The molecule has 1 fully saturated rings. The maximum absolute atomic E-state index is 14.5. The SMILES string of the molecule is CCCCCC1CCC(C(F)(F)Oc2ccc(/C=C/C(=O)O)cc2)CC1. The molecule has 144 valence electrons. The van der Waals surface area contributed by atoms with Crippen molar-refractivity contribution < 1.29 is 23.4 Å². The summed E-state index contributed by atoms with van der Waals surface area (Å²) in [5, 5.41) is 8.59. The predicted octanol–water partition coefficient (Wildman–Crippen LogP) is 6.14. The standard InChI is InChI=1S/C21H28F2O3/c1-2-3-4-5-16-6-11-18(12-7-16)21(22,23)26-19-13-8-17(9-14-19)10-15-20(24)25/h8-10,13-16,18H,2-7,11-12H2,1H3,(H,24,25)/b15-10+. The smallest absolute Gasteiger partial charge is 0.400 e. The van der Waals surface area contributed by atoms with E-state index in [0.717, 1.165) is 25.3 Å². The van der Waals surface area contributed by atoms with Gasteiger partial charge in [-0.15, -0.1) is 0 Å². The number of halogens is 2. The second-order valence-corrected chi connectivity index (χ2v) is 7.12. The highest BCUT2D eigenvalue weighted by atomic mass is 19.3. The van der Waals surface area contributed by atoms with E-state index in [1.54, 1.807) is 12.1 Å². The van der Waals surface area contributed by atoms with Crippen molar-refractivity contribution in [2.24, 2.45) is 11.8 Å². The normalized spacial score (nSPS) is 21.0. The van der Waals surface area contributed by atoms with E-state index in [1.807, 2.05) is 0 Å². The van der Waals surface area contributed by atoms with Crippen molar-refractivity contribution in [2.75, 3.05) is 0 Å². The lowest BCUT2D eigenvalue weighted by Crippen LogP contribution is -2.37. The topological polar surface area (TPSA) is 46.5 Å². The lowest BCUT2D eigenvalue weighted by molar-refractivity contribution is -0.223. The summed E-state index contributed by atoms with van der Waals surface area (Å²) in [5.41, 5.74) is 0.621. The second kappa shape index (κ2) is 9.70. The van der Waals surface area contributed by atoms with Crippen LogP contribution in [0.2, 0.25) is 0 Å². The van der Waals surface area contributed by atoms with Crippen LogP contribution in [0.15, 0.2) is 30.3 Å². The van der Waals surface area contributed by atoms with Crippen molar-refractivity contribution >= 4 is 12.0 Å². The Morgan fingerprint density at radius 2 is 1.85 bits per heavy atom. The Kier molecular flexibility index (Phi) is 7.61. The van der Waals surface area contributed by atoms with Gasteiger partial charge in [0.2, 0.25) is 0 Å². The number of ether oxygens (including phenoxy) is 1. The van der Waals surface area contributed by atoms with E-state index in [-0.39, 0.29) is 5.75 Å². The monoisotopic (exact) mass is 366 g/mol. The number of benzene rings is 1. The first-order chi connectivity index (χ1) is 12.4. The molecule has 0 spiro atoms.